The monoisotopic (exact) mass is 346 g/mol. The van der Waals surface area contributed by atoms with E-state index in [0.717, 1.165) is 27.8 Å². The van der Waals surface area contributed by atoms with Crippen LogP contribution >= 0.6 is 15.9 Å². The minimum Gasteiger partial charge on any atom is -0.492 e. The molecule has 1 N–H and O–H groups in total. The van der Waals surface area contributed by atoms with Gasteiger partial charge in [-0.3, -0.25) is 9.78 Å². The maximum absolute atomic E-state index is 12.3. The molecule has 1 amide bonds. The van der Waals surface area contributed by atoms with Crippen molar-refractivity contribution in [1.29, 1.82) is 0 Å². The van der Waals surface area contributed by atoms with Gasteiger partial charge in [-0.2, -0.15) is 0 Å². The molecule has 3 rings (SSSR count). The number of hydrogen-bond donors (Lipinski definition) is 1. The quantitative estimate of drug-likeness (QED) is 0.925. The number of aromatic nitrogens is 1. The third-order valence-corrected chi connectivity index (χ3v) is 4.00. The van der Waals surface area contributed by atoms with Crippen LogP contribution in [0.2, 0.25) is 0 Å². The van der Waals surface area contributed by atoms with Gasteiger partial charge in [0.15, 0.2) is 0 Å². The second-order valence-corrected chi connectivity index (χ2v) is 5.86. The SMILES string of the molecule is O=C(NCCc1cccnc1)C1COc2ccc(Br)cc21. The third kappa shape index (κ3) is 3.24. The number of benzene rings is 1. The Morgan fingerprint density at radius 3 is 3.14 bits per heavy atom. The standard InChI is InChI=1S/C16H15BrN2O2/c17-12-3-4-15-13(8-12)14(10-21-15)16(20)19-7-5-11-2-1-6-18-9-11/h1-4,6,8-9,14H,5,7,10H2,(H,19,20). The second-order valence-electron chi connectivity index (χ2n) is 4.95. The van der Waals surface area contributed by atoms with Crippen molar-refractivity contribution in [2.45, 2.75) is 12.3 Å². The zero-order valence-electron chi connectivity index (χ0n) is 11.4. The highest BCUT2D eigenvalue weighted by Crippen LogP contribution is 2.35. The minimum absolute atomic E-state index is 0.00994. The lowest BCUT2D eigenvalue weighted by atomic mass is 10.0. The van der Waals surface area contributed by atoms with Crippen molar-refractivity contribution < 1.29 is 9.53 Å². The van der Waals surface area contributed by atoms with Crippen LogP contribution in [-0.4, -0.2) is 24.0 Å². The van der Waals surface area contributed by atoms with Gasteiger partial charge in [0.05, 0.1) is 0 Å². The number of nitrogens with zero attached hydrogens (tertiary/aromatic N) is 1. The summed E-state index contributed by atoms with van der Waals surface area (Å²) in [6.07, 6.45) is 4.34. The van der Waals surface area contributed by atoms with E-state index in [1.54, 1.807) is 6.20 Å². The van der Waals surface area contributed by atoms with Crippen molar-refractivity contribution in [2.75, 3.05) is 13.2 Å². The Bertz CT molecular complexity index is 646. The van der Waals surface area contributed by atoms with E-state index in [9.17, 15) is 4.79 Å². The minimum atomic E-state index is -0.230. The van der Waals surface area contributed by atoms with E-state index in [1.165, 1.54) is 0 Å². The van der Waals surface area contributed by atoms with Gasteiger partial charge in [-0.05, 0) is 36.2 Å². The van der Waals surface area contributed by atoms with Crippen molar-refractivity contribution in [3.8, 4) is 5.75 Å². The highest BCUT2D eigenvalue weighted by Gasteiger charge is 2.30. The van der Waals surface area contributed by atoms with Crippen LogP contribution in [0.1, 0.15) is 17.0 Å². The first-order valence-corrected chi connectivity index (χ1v) is 7.62. The largest absolute Gasteiger partial charge is 0.492 e. The molecule has 2 aromatic rings. The topological polar surface area (TPSA) is 51.2 Å². The summed E-state index contributed by atoms with van der Waals surface area (Å²) >= 11 is 3.43. The molecule has 0 spiro atoms. The molecule has 1 aliphatic heterocycles. The predicted octanol–water partition coefficient (Wildman–Crippen LogP) is 2.68. The Labute approximate surface area is 131 Å². The zero-order chi connectivity index (χ0) is 14.7. The fraction of sp³-hybridized carbons (Fsp3) is 0.250. The molecule has 1 aromatic carbocycles. The summed E-state index contributed by atoms with van der Waals surface area (Å²) < 4.78 is 6.52. The van der Waals surface area contributed by atoms with Gasteiger partial charge >= 0.3 is 0 Å². The molecule has 1 unspecified atom stereocenters. The lowest BCUT2D eigenvalue weighted by Gasteiger charge is -2.10. The third-order valence-electron chi connectivity index (χ3n) is 3.50. The van der Waals surface area contributed by atoms with Crippen LogP contribution in [0.15, 0.2) is 47.2 Å². The molecule has 1 aliphatic rings. The van der Waals surface area contributed by atoms with Crippen LogP contribution < -0.4 is 10.1 Å². The van der Waals surface area contributed by atoms with Crippen LogP contribution in [0, 0.1) is 0 Å². The summed E-state index contributed by atoms with van der Waals surface area (Å²) in [6, 6.07) is 9.66. The molecule has 1 aromatic heterocycles. The molecule has 21 heavy (non-hydrogen) atoms. The van der Waals surface area contributed by atoms with E-state index >= 15 is 0 Å². The summed E-state index contributed by atoms with van der Waals surface area (Å²) in [6.45, 7) is 1.01. The molecular weight excluding hydrogens is 332 g/mol. The molecule has 0 bridgehead atoms. The molecule has 1 atom stereocenters. The Hall–Kier alpha value is -1.88. The molecular formula is C16H15BrN2O2. The molecule has 2 heterocycles. The first kappa shape index (κ1) is 14.1. The fourth-order valence-corrected chi connectivity index (χ4v) is 2.78. The van der Waals surface area contributed by atoms with Gasteiger partial charge in [0, 0.05) is 29.0 Å². The fourth-order valence-electron chi connectivity index (χ4n) is 2.40. The Kier molecular flexibility index (Phi) is 4.20. The molecule has 108 valence electrons. The number of ether oxygens (including phenoxy) is 1. The number of amides is 1. The van der Waals surface area contributed by atoms with Crippen molar-refractivity contribution in [3.05, 3.63) is 58.3 Å². The van der Waals surface area contributed by atoms with Gasteiger partial charge in [-0.15, -0.1) is 0 Å². The average molecular weight is 347 g/mol. The first-order chi connectivity index (χ1) is 10.2. The highest BCUT2D eigenvalue weighted by atomic mass is 79.9. The van der Waals surface area contributed by atoms with E-state index in [4.69, 9.17) is 4.74 Å². The van der Waals surface area contributed by atoms with E-state index < -0.39 is 0 Å². The average Bonchev–Trinajstić information content (AvgIpc) is 2.91. The number of pyridine rings is 1. The van der Waals surface area contributed by atoms with Crippen molar-refractivity contribution in [3.63, 3.8) is 0 Å². The van der Waals surface area contributed by atoms with Crippen LogP contribution in [0.4, 0.5) is 0 Å². The Balaban J connectivity index is 1.59. The van der Waals surface area contributed by atoms with Crippen molar-refractivity contribution in [2.24, 2.45) is 0 Å². The lowest BCUT2D eigenvalue weighted by Crippen LogP contribution is -2.31. The van der Waals surface area contributed by atoms with Gasteiger partial charge in [-0.1, -0.05) is 22.0 Å². The van der Waals surface area contributed by atoms with Gasteiger partial charge in [0.2, 0.25) is 5.91 Å². The summed E-state index contributed by atoms with van der Waals surface area (Å²) in [5.74, 6) is 0.577. The summed E-state index contributed by atoms with van der Waals surface area (Å²) in [5, 5.41) is 2.97. The van der Waals surface area contributed by atoms with Gasteiger partial charge in [0.1, 0.15) is 18.3 Å². The number of fused-ring (bicyclic) bond motifs is 1. The number of carbonyl (C=O) groups is 1. The van der Waals surface area contributed by atoms with E-state index in [2.05, 4.69) is 26.2 Å². The number of halogens is 1. The van der Waals surface area contributed by atoms with E-state index in [-0.39, 0.29) is 11.8 Å². The second kappa shape index (κ2) is 6.26. The molecule has 0 aliphatic carbocycles. The van der Waals surface area contributed by atoms with Crippen molar-refractivity contribution >= 4 is 21.8 Å². The molecule has 0 saturated heterocycles. The van der Waals surface area contributed by atoms with Gasteiger partial charge in [-0.25, -0.2) is 0 Å². The first-order valence-electron chi connectivity index (χ1n) is 6.83. The number of nitrogens with one attached hydrogen (secondary N) is 1. The van der Waals surface area contributed by atoms with Gasteiger partial charge in [0.25, 0.3) is 0 Å². The number of carbonyl (C=O) groups excluding carboxylic acids is 1. The Morgan fingerprint density at radius 1 is 1.43 bits per heavy atom. The summed E-state index contributed by atoms with van der Waals surface area (Å²) in [4.78, 5) is 16.3. The maximum Gasteiger partial charge on any atom is 0.231 e. The summed E-state index contributed by atoms with van der Waals surface area (Å²) in [7, 11) is 0. The number of rotatable bonds is 4. The van der Waals surface area contributed by atoms with Crippen LogP contribution in [0.25, 0.3) is 0 Å². The molecule has 5 heteroatoms. The zero-order valence-corrected chi connectivity index (χ0v) is 13.0. The van der Waals surface area contributed by atoms with Crippen LogP contribution in [-0.2, 0) is 11.2 Å². The molecule has 4 nitrogen and oxygen atoms in total. The smallest absolute Gasteiger partial charge is 0.231 e. The predicted molar refractivity (Wildman–Crippen MR) is 83.3 cm³/mol. The normalized spacial score (nSPS) is 16.1. The number of hydrogen-bond acceptors (Lipinski definition) is 3. The van der Waals surface area contributed by atoms with E-state index in [1.807, 2.05) is 36.5 Å². The molecule has 0 fully saturated rings. The molecule has 0 radical (unpaired) electrons. The maximum atomic E-state index is 12.3. The molecule has 0 saturated carbocycles. The van der Waals surface area contributed by atoms with Gasteiger partial charge < -0.3 is 10.1 Å². The highest BCUT2D eigenvalue weighted by molar-refractivity contribution is 9.10. The van der Waals surface area contributed by atoms with Crippen LogP contribution in [0.3, 0.4) is 0 Å². The van der Waals surface area contributed by atoms with Crippen molar-refractivity contribution in [1.82, 2.24) is 10.3 Å². The van der Waals surface area contributed by atoms with Crippen LogP contribution in [0.5, 0.6) is 5.75 Å². The lowest BCUT2D eigenvalue weighted by molar-refractivity contribution is -0.122. The Morgan fingerprint density at radius 2 is 2.33 bits per heavy atom. The van der Waals surface area contributed by atoms with E-state index in [0.29, 0.717) is 13.2 Å². The summed E-state index contributed by atoms with van der Waals surface area (Å²) in [5.41, 5.74) is 2.06.